The van der Waals surface area contributed by atoms with Gasteiger partial charge >= 0.3 is 0 Å². The van der Waals surface area contributed by atoms with E-state index in [1.807, 2.05) is 42.5 Å². The number of anilines is 2. The summed E-state index contributed by atoms with van der Waals surface area (Å²) < 4.78 is 5.45. The van der Waals surface area contributed by atoms with Gasteiger partial charge < -0.3 is 20.7 Å². The Bertz CT molecular complexity index is 832. The number of aryl methyl sites for hydroxylation is 2. The molecule has 1 aliphatic rings. The number of fused-ring (bicyclic) bond motifs is 1. The molecule has 26 heavy (non-hydrogen) atoms. The van der Waals surface area contributed by atoms with Crippen LogP contribution in [0.1, 0.15) is 17.5 Å². The number of nitrogens with one attached hydrogen (secondary N) is 1. The predicted octanol–water partition coefficient (Wildman–Crippen LogP) is 2.85. The molecule has 0 aromatic heterocycles. The number of amides is 1. The number of benzene rings is 2. The summed E-state index contributed by atoms with van der Waals surface area (Å²) in [5.74, 6) is 1.09. The molecule has 1 aliphatic heterocycles. The fraction of sp³-hybridized carbons (Fsp3) is 0.300. The lowest BCUT2D eigenvalue weighted by molar-refractivity contribution is -0.121. The molecule has 2 aromatic carbocycles. The molecular formula is C20H24N4O2. The van der Waals surface area contributed by atoms with Crippen molar-refractivity contribution in [3.05, 3.63) is 53.6 Å². The third kappa shape index (κ3) is 4.14. The number of ether oxygens (including phenoxy) is 1. The predicted molar refractivity (Wildman–Crippen MR) is 105 cm³/mol. The summed E-state index contributed by atoms with van der Waals surface area (Å²) in [5.41, 5.74) is 10.1. The Morgan fingerprint density at radius 1 is 1.23 bits per heavy atom. The highest BCUT2D eigenvalue weighted by atomic mass is 16.5. The van der Waals surface area contributed by atoms with Crippen molar-refractivity contribution in [2.24, 2.45) is 10.7 Å². The van der Waals surface area contributed by atoms with Crippen molar-refractivity contribution in [1.82, 2.24) is 0 Å². The van der Waals surface area contributed by atoms with Crippen molar-refractivity contribution in [3.8, 4) is 5.75 Å². The van der Waals surface area contributed by atoms with Crippen molar-refractivity contribution < 1.29 is 9.53 Å². The first-order valence-corrected chi connectivity index (χ1v) is 8.71. The van der Waals surface area contributed by atoms with Gasteiger partial charge in [-0.05, 0) is 55.7 Å². The van der Waals surface area contributed by atoms with E-state index in [0.29, 0.717) is 19.0 Å². The minimum Gasteiger partial charge on any atom is -0.482 e. The van der Waals surface area contributed by atoms with E-state index in [4.69, 9.17) is 10.5 Å². The van der Waals surface area contributed by atoms with Crippen LogP contribution in [0, 0.1) is 13.8 Å². The lowest BCUT2D eigenvalue weighted by Crippen LogP contribution is -2.39. The van der Waals surface area contributed by atoms with Gasteiger partial charge in [-0.1, -0.05) is 18.2 Å². The second-order valence-corrected chi connectivity index (χ2v) is 6.35. The topological polar surface area (TPSA) is 80.0 Å². The van der Waals surface area contributed by atoms with Gasteiger partial charge in [-0.2, -0.15) is 0 Å². The van der Waals surface area contributed by atoms with E-state index < -0.39 is 0 Å². The average Bonchev–Trinajstić information content (AvgIpc) is 2.63. The van der Waals surface area contributed by atoms with Crippen molar-refractivity contribution in [2.75, 3.05) is 29.9 Å². The van der Waals surface area contributed by atoms with E-state index in [0.717, 1.165) is 23.5 Å². The molecule has 3 N–H and O–H groups in total. The molecule has 1 heterocycles. The van der Waals surface area contributed by atoms with E-state index in [1.54, 1.807) is 4.90 Å². The van der Waals surface area contributed by atoms with Crippen LogP contribution in [0.5, 0.6) is 5.75 Å². The summed E-state index contributed by atoms with van der Waals surface area (Å²) in [4.78, 5) is 18.2. The first kappa shape index (κ1) is 17.8. The van der Waals surface area contributed by atoms with Crippen LogP contribution in [-0.4, -0.2) is 31.6 Å². The zero-order valence-electron chi connectivity index (χ0n) is 15.2. The molecule has 0 bridgehead atoms. The Labute approximate surface area is 153 Å². The number of guanidine groups is 1. The number of carbonyl (C=O) groups is 1. The van der Waals surface area contributed by atoms with Crippen LogP contribution in [0.3, 0.4) is 0 Å². The molecule has 2 aromatic rings. The Balaban J connectivity index is 1.54. The normalized spacial score (nSPS) is 14.0. The lowest BCUT2D eigenvalue weighted by atomic mass is 10.1. The molecule has 0 radical (unpaired) electrons. The maximum absolute atomic E-state index is 12.1. The van der Waals surface area contributed by atoms with Gasteiger partial charge in [0, 0.05) is 18.8 Å². The summed E-state index contributed by atoms with van der Waals surface area (Å²) in [6, 6.07) is 13.6. The molecular weight excluding hydrogens is 328 g/mol. The highest BCUT2D eigenvalue weighted by Crippen LogP contribution is 2.31. The van der Waals surface area contributed by atoms with Gasteiger partial charge in [-0.25, -0.2) is 0 Å². The van der Waals surface area contributed by atoms with Gasteiger partial charge in [0.2, 0.25) is 0 Å². The summed E-state index contributed by atoms with van der Waals surface area (Å²) in [6.07, 6.45) is 0.718. The number of hydrogen-bond acceptors (Lipinski definition) is 3. The Morgan fingerprint density at radius 2 is 2.04 bits per heavy atom. The molecule has 136 valence electrons. The smallest absolute Gasteiger partial charge is 0.265 e. The number of nitrogens with zero attached hydrogens (tertiary/aromatic N) is 2. The van der Waals surface area contributed by atoms with Crippen molar-refractivity contribution in [3.63, 3.8) is 0 Å². The zero-order chi connectivity index (χ0) is 18.5. The number of carbonyl (C=O) groups excluding carboxylic acids is 1. The molecule has 6 heteroatoms. The average molecular weight is 352 g/mol. The van der Waals surface area contributed by atoms with E-state index >= 15 is 0 Å². The van der Waals surface area contributed by atoms with Crippen LogP contribution < -0.4 is 20.7 Å². The van der Waals surface area contributed by atoms with Gasteiger partial charge in [-0.3, -0.25) is 9.79 Å². The molecule has 0 atom stereocenters. The molecule has 0 aliphatic carbocycles. The van der Waals surface area contributed by atoms with Crippen molar-refractivity contribution in [1.29, 1.82) is 0 Å². The fourth-order valence-corrected chi connectivity index (χ4v) is 2.83. The maximum atomic E-state index is 12.1. The highest BCUT2D eigenvalue weighted by molar-refractivity contribution is 5.97. The SMILES string of the molecule is Cc1ccc(NC(N)=NCCCN2C(=O)COc3ccccc32)cc1C. The summed E-state index contributed by atoms with van der Waals surface area (Å²) in [7, 11) is 0. The Hall–Kier alpha value is -3.02. The Kier molecular flexibility index (Phi) is 5.41. The minimum atomic E-state index is -0.0334. The molecule has 6 nitrogen and oxygen atoms in total. The summed E-state index contributed by atoms with van der Waals surface area (Å²) in [6.45, 7) is 5.33. The zero-order valence-corrected chi connectivity index (χ0v) is 15.2. The third-order valence-electron chi connectivity index (χ3n) is 4.41. The Morgan fingerprint density at radius 3 is 2.85 bits per heavy atom. The standard InChI is InChI=1S/C20H24N4O2/c1-14-8-9-16(12-15(14)2)23-20(21)22-10-5-11-24-17-6-3-4-7-18(17)26-13-19(24)25/h3-4,6-9,12H,5,10-11,13H2,1-2H3,(H3,21,22,23). The first-order chi connectivity index (χ1) is 12.5. The van der Waals surface area contributed by atoms with E-state index in [2.05, 4.69) is 24.2 Å². The molecule has 0 spiro atoms. The van der Waals surface area contributed by atoms with Crippen LogP contribution >= 0.6 is 0 Å². The summed E-state index contributed by atoms with van der Waals surface area (Å²) in [5, 5.41) is 3.10. The number of rotatable bonds is 5. The molecule has 0 saturated carbocycles. The second kappa shape index (κ2) is 7.91. The van der Waals surface area contributed by atoms with E-state index in [1.165, 1.54) is 11.1 Å². The van der Waals surface area contributed by atoms with Crippen LogP contribution in [0.2, 0.25) is 0 Å². The third-order valence-corrected chi connectivity index (χ3v) is 4.41. The monoisotopic (exact) mass is 352 g/mol. The number of hydrogen-bond donors (Lipinski definition) is 2. The fourth-order valence-electron chi connectivity index (χ4n) is 2.83. The van der Waals surface area contributed by atoms with Crippen molar-refractivity contribution >= 4 is 23.2 Å². The van der Waals surface area contributed by atoms with Crippen molar-refractivity contribution in [2.45, 2.75) is 20.3 Å². The minimum absolute atomic E-state index is 0.0334. The van der Waals surface area contributed by atoms with Gasteiger partial charge in [-0.15, -0.1) is 0 Å². The van der Waals surface area contributed by atoms with Crippen LogP contribution in [-0.2, 0) is 4.79 Å². The van der Waals surface area contributed by atoms with E-state index in [9.17, 15) is 4.79 Å². The van der Waals surface area contributed by atoms with Gasteiger partial charge in [0.15, 0.2) is 12.6 Å². The quantitative estimate of drug-likeness (QED) is 0.493. The van der Waals surface area contributed by atoms with E-state index in [-0.39, 0.29) is 12.5 Å². The summed E-state index contributed by atoms with van der Waals surface area (Å²) >= 11 is 0. The van der Waals surface area contributed by atoms with Gasteiger partial charge in [0.25, 0.3) is 5.91 Å². The number of aliphatic imine (C=N–C) groups is 1. The molecule has 0 unspecified atom stereocenters. The number of para-hydroxylation sites is 2. The first-order valence-electron chi connectivity index (χ1n) is 8.71. The lowest BCUT2D eigenvalue weighted by Gasteiger charge is -2.29. The van der Waals surface area contributed by atoms with Crippen LogP contribution in [0.25, 0.3) is 0 Å². The molecule has 3 rings (SSSR count). The maximum Gasteiger partial charge on any atom is 0.265 e. The molecule has 0 fully saturated rings. The largest absolute Gasteiger partial charge is 0.482 e. The van der Waals surface area contributed by atoms with Crippen LogP contribution in [0.15, 0.2) is 47.5 Å². The molecule has 0 saturated heterocycles. The second-order valence-electron chi connectivity index (χ2n) is 6.35. The van der Waals surface area contributed by atoms with Gasteiger partial charge in [0.1, 0.15) is 5.75 Å². The highest BCUT2D eigenvalue weighted by Gasteiger charge is 2.24. The van der Waals surface area contributed by atoms with Gasteiger partial charge in [0.05, 0.1) is 5.69 Å². The number of nitrogens with two attached hydrogens (primary N) is 1. The van der Waals surface area contributed by atoms with Crippen LogP contribution in [0.4, 0.5) is 11.4 Å². The molecule has 1 amide bonds.